The fraction of sp³-hybridized carbons (Fsp3) is 0.200. The summed E-state index contributed by atoms with van der Waals surface area (Å²) >= 11 is 1.25. The Kier molecular flexibility index (Phi) is 6.10. The maximum absolute atomic E-state index is 12.4. The van der Waals surface area contributed by atoms with Gasteiger partial charge in [-0.05, 0) is 50.2 Å². The quantitative estimate of drug-likeness (QED) is 0.466. The van der Waals surface area contributed by atoms with Crippen molar-refractivity contribution < 1.29 is 14.3 Å². The second-order valence-electron chi connectivity index (χ2n) is 6.08. The summed E-state index contributed by atoms with van der Waals surface area (Å²) in [6.07, 6.45) is 0. The van der Waals surface area contributed by atoms with E-state index in [0.29, 0.717) is 22.2 Å². The van der Waals surface area contributed by atoms with E-state index in [1.165, 1.54) is 18.7 Å². The summed E-state index contributed by atoms with van der Waals surface area (Å²) in [6, 6.07) is 14.3. The van der Waals surface area contributed by atoms with Crippen molar-refractivity contribution in [2.24, 2.45) is 0 Å². The van der Waals surface area contributed by atoms with Crippen molar-refractivity contribution in [3.8, 4) is 17.1 Å². The van der Waals surface area contributed by atoms with Crippen LogP contribution in [0.4, 0.5) is 5.69 Å². The maximum Gasteiger partial charge on any atom is 0.237 e. The fourth-order valence-electron chi connectivity index (χ4n) is 2.45. The lowest BCUT2D eigenvalue weighted by molar-refractivity contribution is -0.115. The molecule has 0 spiro atoms. The molecule has 28 heavy (non-hydrogen) atoms. The Bertz CT molecular complexity index is 985. The summed E-state index contributed by atoms with van der Waals surface area (Å²) in [6.45, 7) is 3.27. The molecule has 0 unspecified atom stereocenters. The standard InChI is InChI=1S/C20H20N4O3S/c1-12(25)15-5-4-6-16(11-15)21-19(26)13(2)28-20-22-18(23-24-20)14-7-9-17(27-3)10-8-14/h4-11,13H,1-3H3,(H,21,26)(H,22,23,24)/t13-/m0/s1. The van der Waals surface area contributed by atoms with Crippen LogP contribution in [0.25, 0.3) is 11.4 Å². The molecule has 0 aliphatic heterocycles. The van der Waals surface area contributed by atoms with E-state index < -0.39 is 5.25 Å². The molecule has 8 heteroatoms. The van der Waals surface area contributed by atoms with Crippen LogP contribution in [0.5, 0.6) is 5.75 Å². The first-order valence-corrected chi connectivity index (χ1v) is 9.49. The number of H-pyrrole nitrogens is 1. The maximum atomic E-state index is 12.4. The lowest BCUT2D eigenvalue weighted by atomic mass is 10.1. The lowest BCUT2D eigenvalue weighted by Crippen LogP contribution is -2.22. The Balaban J connectivity index is 1.63. The molecular weight excluding hydrogens is 376 g/mol. The average molecular weight is 396 g/mol. The normalized spacial score (nSPS) is 11.7. The fourth-order valence-corrected chi connectivity index (χ4v) is 3.17. The second kappa shape index (κ2) is 8.71. The van der Waals surface area contributed by atoms with Crippen LogP contribution < -0.4 is 10.1 Å². The van der Waals surface area contributed by atoms with Gasteiger partial charge >= 0.3 is 0 Å². The molecule has 1 atom stereocenters. The Hall–Kier alpha value is -3.13. The van der Waals surface area contributed by atoms with Gasteiger partial charge in [0.25, 0.3) is 0 Å². The van der Waals surface area contributed by atoms with Gasteiger partial charge in [0.2, 0.25) is 11.1 Å². The number of aromatic amines is 1. The number of nitrogens with zero attached hydrogens (tertiary/aromatic N) is 2. The molecule has 0 saturated heterocycles. The molecule has 0 aliphatic carbocycles. The van der Waals surface area contributed by atoms with E-state index >= 15 is 0 Å². The van der Waals surface area contributed by atoms with E-state index in [4.69, 9.17) is 4.74 Å². The van der Waals surface area contributed by atoms with Gasteiger partial charge in [0.15, 0.2) is 11.6 Å². The first-order valence-electron chi connectivity index (χ1n) is 8.61. The van der Waals surface area contributed by atoms with Crippen molar-refractivity contribution >= 4 is 29.1 Å². The minimum Gasteiger partial charge on any atom is -0.497 e. The highest BCUT2D eigenvalue weighted by atomic mass is 32.2. The van der Waals surface area contributed by atoms with Crippen molar-refractivity contribution in [1.82, 2.24) is 15.2 Å². The third-order valence-corrected chi connectivity index (χ3v) is 4.98. The van der Waals surface area contributed by atoms with Crippen LogP contribution in [-0.2, 0) is 4.79 Å². The molecule has 1 amide bonds. The molecule has 3 rings (SSSR count). The van der Waals surface area contributed by atoms with Crippen molar-refractivity contribution in [3.05, 3.63) is 54.1 Å². The number of amides is 1. The van der Waals surface area contributed by atoms with Crippen LogP contribution in [0.1, 0.15) is 24.2 Å². The highest BCUT2D eigenvalue weighted by Crippen LogP contribution is 2.25. The molecular formula is C20H20N4O3S. The van der Waals surface area contributed by atoms with Crippen LogP contribution in [-0.4, -0.2) is 39.2 Å². The lowest BCUT2D eigenvalue weighted by Gasteiger charge is -2.10. The molecule has 1 aromatic heterocycles. The number of aromatic nitrogens is 3. The van der Waals surface area contributed by atoms with E-state index in [2.05, 4.69) is 20.5 Å². The number of nitrogens with one attached hydrogen (secondary N) is 2. The monoisotopic (exact) mass is 396 g/mol. The second-order valence-corrected chi connectivity index (χ2v) is 7.39. The zero-order valence-corrected chi connectivity index (χ0v) is 16.5. The van der Waals surface area contributed by atoms with Gasteiger partial charge in [-0.25, -0.2) is 4.98 Å². The molecule has 7 nitrogen and oxygen atoms in total. The molecule has 3 aromatic rings. The molecule has 144 valence electrons. The number of rotatable bonds is 7. The number of carbonyl (C=O) groups is 2. The molecule has 0 radical (unpaired) electrons. The number of ether oxygens (including phenoxy) is 1. The largest absolute Gasteiger partial charge is 0.497 e. The highest BCUT2D eigenvalue weighted by molar-refractivity contribution is 8.00. The average Bonchev–Trinajstić information content (AvgIpc) is 3.16. The van der Waals surface area contributed by atoms with Gasteiger partial charge < -0.3 is 10.1 Å². The third kappa shape index (κ3) is 4.77. The Morgan fingerprint density at radius 2 is 1.93 bits per heavy atom. The van der Waals surface area contributed by atoms with Gasteiger partial charge in [-0.3, -0.25) is 14.7 Å². The van der Waals surface area contributed by atoms with Crippen molar-refractivity contribution in [3.63, 3.8) is 0 Å². The van der Waals surface area contributed by atoms with E-state index in [9.17, 15) is 9.59 Å². The Morgan fingerprint density at radius 1 is 1.18 bits per heavy atom. The summed E-state index contributed by atoms with van der Waals surface area (Å²) in [5, 5.41) is 9.93. The van der Waals surface area contributed by atoms with E-state index in [1.807, 2.05) is 24.3 Å². The molecule has 0 bridgehead atoms. The summed E-state index contributed by atoms with van der Waals surface area (Å²) < 4.78 is 5.14. The number of anilines is 1. The number of hydrogen-bond donors (Lipinski definition) is 2. The van der Waals surface area contributed by atoms with E-state index in [-0.39, 0.29) is 11.7 Å². The summed E-state index contributed by atoms with van der Waals surface area (Å²) in [5.74, 6) is 1.13. The predicted octanol–water partition coefficient (Wildman–Crippen LogP) is 3.80. The third-order valence-electron chi connectivity index (χ3n) is 4.02. The minimum absolute atomic E-state index is 0.0506. The summed E-state index contributed by atoms with van der Waals surface area (Å²) in [4.78, 5) is 28.4. The molecule has 2 N–H and O–H groups in total. The topological polar surface area (TPSA) is 97.0 Å². The minimum atomic E-state index is -0.416. The molecule has 2 aromatic carbocycles. The number of carbonyl (C=O) groups excluding carboxylic acids is 2. The van der Waals surface area contributed by atoms with E-state index in [1.54, 1.807) is 38.3 Å². The van der Waals surface area contributed by atoms with Gasteiger partial charge in [0, 0.05) is 16.8 Å². The van der Waals surface area contributed by atoms with E-state index in [0.717, 1.165) is 11.3 Å². The Morgan fingerprint density at radius 3 is 2.61 bits per heavy atom. The van der Waals surface area contributed by atoms with Crippen molar-refractivity contribution in [2.75, 3.05) is 12.4 Å². The predicted molar refractivity (Wildman–Crippen MR) is 109 cm³/mol. The number of methoxy groups -OCH3 is 1. The summed E-state index contributed by atoms with van der Waals surface area (Å²) in [5.41, 5.74) is 2.01. The van der Waals surface area contributed by atoms with Crippen LogP contribution >= 0.6 is 11.8 Å². The zero-order chi connectivity index (χ0) is 20.1. The van der Waals surface area contributed by atoms with Crippen molar-refractivity contribution in [2.45, 2.75) is 24.3 Å². The van der Waals surface area contributed by atoms with Gasteiger partial charge in [-0.1, -0.05) is 23.9 Å². The zero-order valence-electron chi connectivity index (χ0n) is 15.7. The van der Waals surface area contributed by atoms with Gasteiger partial charge in [-0.15, -0.1) is 5.10 Å². The Labute approximate surface area is 166 Å². The first kappa shape index (κ1) is 19.6. The number of benzene rings is 2. The summed E-state index contributed by atoms with van der Waals surface area (Å²) in [7, 11) is 1.61. The van der Waals surface area contributed by atoms with Crippen LogP contribution in [0.3, 0.4) is 0 Å². The smallest absolute Gasteiger partial charge is 0.237 e. The SMILES string of the molecule is COc1ccc(-c2nc(S[C@@H](C)C(=O)Nc3cccc(C(C)=O)c3)n[nH]2)cc1. The first-order chi connectivity index (χ1) is 13.5. The molecule has 0 fully saturated rings. The van der Waals surface area contributed by atoms with Gasteiger partial charge in [-0.2, -0.15) is 0 Å². The number of Topliss-reactive ketones (excluding diaryl/α,β-unsaturated/α-hetero) is 1. The van der Waals surface area contributed by atoms with Crippen molar-refractivity contribution in [1.29, 1.82) is 0 Å². The number of ketones is 1. The molecule has 0 aliphatic rings. The van der Waals surface area contributed by atoms with Crippen LogP contribution in [0.15, 0.2) is 53.7 Å². The molecule has 0 saturated carbocycles. The number of thioether (sulfide) groups is 1. The van der Waals surface area contributed by atoms with Gasteiger partial charge in [0.1, 0.15) is 5.75 Å². The van der Waals surface area contributed by atoms with Crippen LogP contribution in [0.2, 0.25) is 0 Å². The highest BCUT2D eigenvalue weighted by Gasteiger charge is 2.18. The van der Waals surface area contributed by atoms with Gasteiger partial charge in [0.05, 0.1) is 12.4 Å². The molecule has 1 heterocycles. The van der Waals surface area contributed by atoms with Crippen LogP contribution in [0, 0.1) is 0 Å². The number of hydrogen-bond acceptors (Lipinski definition) is 6.